The summed E-state index contributed by atoms with van der Waals surface area (Å²) in [6.45, 7) is 3.14. The second-order valence-electron chi connectivity index (χ2n) is 9.04. The van der Waals surface area contributed by atoms with Crippen LogP contribution in [0.1, 0.15) is 39.3 Å². The highest BCUT2D eigenvalue weighted by Gasteiger charge is 2.38. The molecule has 1 saturated heterocycles. The molecular formula is C23H23F2N5O3. The number of fused-ring (bicyclic) bond motifs is 2. The lowest BCUT2D eigenvalue weighted by Crippen LogP contribution is -2.26. The number of benzene rings is 1. The van der Waals surface area contributed by atoms with Crippen molar-refractivity contribution in [1.82, 2.24) is 19.9 Å². The average Bonchev–Trinajstić information content (AvgIpc) is 3.44. The molecule has 0 aliphatic carbocycles. The number of imidazole rings is 1. The number of nitrogens with zero attached hydrogens (tertiary/aromatic N) is 3. The number of carbonyl (C=O) groups excluding carboxylic acids is 2. The van der Waals surface area contributed by atoms with Crippen molar-refractivity contribution in [3.8, 4) is 17.1 Å². The zero-order valence-electron chi connectivity index (χ0n) is 18.4. The molecule has 2 atom stereocenters. The number of alkyl halides is 2. The van der Waals surface area contributed by atoms with E-state index in [-0.39, 0.29) is 29.1 Å². The summed E-state index contributed by atoms with van der Waals surface area (Å²) in [5.41, 5.74) is 2.50. The van der Waals surface area contributed by atoms with Gasteiger partial charge < -0.3 is 15.4 Å². The van der Waals surface area contributed by atoms with E-state index in [1.807, 2.05) is 32.0 Å². The maximum atomic E-state index is 13.6. The number of rotatable bonds is 5. The van der Waals surface area contributed by atoms with Crippen molar-refractivity contribution in [2.24, 2.45) is 5.92 Å². The van der Waals surface area contributed by atoms with Gasteiger partial charge in [-0.05, 0) is 38.5 Å². The van der Waals surface area contributed by atoms with Gasteiger partial charge in [-0.1, -0.05) is 12.1 Å². The van der Waals surface area contributed by atoms with E-state index in [9.17, 15) is 18.4 Å². The number of hydrogen-bond acceptors (Lipinski definition) is 5. The molecule has 2 aliphatic heterocycles. The first kappa shape index (κ1) is 21.3. The van der Waals surface area contributed by atoms with E-state index in [0.29, 0.717) is 35.4 Å². The van der Waals surface area contributed by atoms with Crippen molar-refractivity contribution in [1.29, 1.82) is 0 Å². The SMILES string of the molecule is CC(Oc1nc(-c2ccc3c(c2)NC(=O)C3(C)C)cc2ncn(C(F)F)c12)C1CNC(=O)C1. The van der Waals surface area contributed by atoms with Crippen LogP contribution in [0.4, 0.5) is 14.5 Å². The van der Waals surface area contributed by atoms with Crippen molar-refractivity contribution in [2.45, 2.75) is 45.3 Å². The lowest BCUT2D eigenvalue weighted by atomic mass is 9.86. The molecule has 3 aromatic rings. The zero-order chi connectivity index (χ0) is 23.5. The van der Waals surface area contributed by atoms with Crippen LogP contribution in [0, 0.1) is 5.92 Å². The molecule has 2 amide bonds. The van der Waals surface area contributed by atoms with Gasteiger partial charge in [0, 0.05) is 30.1 Å². The Morgan fingerprint density at radius 1 is 1.24 bits per heavy atom. The molecule has 0 saturated carbocycles. The average molecular weight is 455 g/mol. The Kier molecular flexibility index (Phi) is 4.84. The van der Waals surface area contributed by atoms with E-state index in [2.05, 4.69) is 20.6 Å². The molecule has 2 aliphatic rings. The molecule has 0 radical (unpaired) electrons. The van der Waals surface area contributed by atoms with Crippen LogP contribution < -0.4 is 15.4 Å². The van der Waals surface area contributed by atoms with Crippen LogP contribution in [0.25, 0.3) is 22.3 Å². The van der Waals surface area contributed by atoms with Gasteiger partial charge in [-0.2, -0.15) is 8.78 Å². The summed E-state index contributed by atoms with van der Waals surface area (Å²) in [5.74, 6) is -0.232. The van der Waals surface area contributed by atoms with Gasteiger partial charge in [0.2, 0.25) is 17.7 Å². The van der Waals surface area contributed by atoms with Crippen molar-refractivity contribution in [3.63, 3.8) is 0 Å². The Morgan fingerprint density at radius 3 is 2.73 bits per heavy atom. The van der Waals surface area contributed by atoms with Crippen molar-refractivity contribution < 1.29 is 23.1 Å². The van der Waals surface area contributed by atoms with E-state index in [4.69, 9.17) is 4.74 Å². The number of anilines is 1. The molecule has 8 nitrogen and oxygen atoms in total. The van der Waals surface area contributed by atoms with Crippen molar-refractivity contribution in [2.75, 3.05) is 11.9 Å². The van der Waals surface area contributed by atoms with E-state index in [0.717, 1.165) is 16.5 Å². The van der Waals surface area contributed by atoms with Crippen molar-refractivity contribution in [3.05, 3.63) is 36.2 Å². The quantitative estimate of drug-likeness (QED) is 0.612. The maximum absolute atomic E-state index is 13.6. The Hall–Kier alpha value is -3.56. The van der Waals surface area contributed by atoms with Crippen LogP contribution in [0.3, 0.4) is 0 Å². The maximum Gasteiger partial charge on any atom is 0.320 e. The predicted molar refractivity (Wildman–Crippen MR) is 117 cm³/mol. The molecule has 33 heavy (non-hydrogen) atoms. The van der Waals surface area contributed by atoms with Crippen LogP contribution in [-0.4, -0.2) is 39.0 Å². The zero-order valence-corrected chi connectivity index (χ0v) is 18.4. The van der Waals surface area contributed by atoms with E-state index >= 15 is 0 Å². The summed E-state index contributed by atoms with van der Waals surface area (Å²) >= 11 is 0. The topological polar surface area (TPSA) is 98.1 Å². The number of aromatic nitrogens is 3. The highest BCUT2D eigenvalue weighted by molar-refractivity contribution is 6.06. The second kappa shape index (κ2) is 7.50. The highest BCUT2D eigenvalue weighted by atomic mass is 19.3. The van der Waals surface area contributed by atoms with Crippen LogP contribution in [0.15, 0.2) is 30.6 Å². The summed E-state index contributed by atoms with van der Waals surface area (Å²) in [6.07, 6.45) is 0.930. The lowest BCUT2D eigenvalue weighted by Gasteiger charge is -2.20. The van der Waals surface area contributed by atoms with Gasteiger partial charge in [-0.25, -0.2) is 9.97 Å². The molecule has 2 N–H and O–H groups in total. The van der Waals surface area contributed by atoms with Gasteiger partial charge in [-0.3, -0.25) is 14.2 Å². The Labute approximate surface area is 188 Å². The number of ether oxygens (including phenoxy) is 1. The fourth-order valence-corrected chi connectivity index (χ4v) is 4.39. The van der Waals surface area contributed by atoms with Gasteiger partial charge in [0.05, 0.1) is 16.6 Å². The molecule has 1 fully saturated rings. The minimum atomic E-state index is -2.81. The normalized spacial score (nSPS) is 20.1. The third-order valence-corrected chi connectivity index (χ3v) is 6.51. The number of pyridine rings is 1. The fraction of sp³-hybridized carbons (Fsp3) is 0.391. The van der Waals surface area contributed by atoms with Gasteiger partial charge in [0.15, 0.2) is 0 Å². The summed E-state index contributed by atoms with van der Waals surface area (Å²) in [7, 11) is 0. The minimum Gasteiger partial charge on any atom is -0.473 e. The van der Waals surface area contributed by atoms with Crippen LogP contribution in [0.2, 0.25) is 0 Å². The van der Waals surface area contributed by atoms with Gasteiger partial charge in [-0.15, -0.1) is 0 Å². The van der Waals surface area contributed by atoms with Gasteiger partial charge >= 0.3 is 6.55 Å². The van der Waals surface area contributed by atoms with Crippen LogP contribution in [0.5, 0.6) is 5.88 Å². The third kappa shape index (κ3) is 3.49. The smallest absolute Gasteiger partial charge is 0.320 e. The van der Waals surface area contributed by atoms with E-state index < -0.39 is 18.1 Å². The Morgan fingerprint density at radius 2 is 2.03 bits per heavy atom. The molecule has 0 spiro atoms. The minimum absolute atomic E-state index is 0.0250. The van der Waals surface area contributed by atoms with Crippen LogP contribution in [-0.2, 0) is 15.0 Å². The largest absolute Gasteiger partial charge is 0.473 e. The fourth-order valence-electron chi connectivity index (χ4n) is 4.39. The molecular weight excluding hydrogens is 432 g/mol. The standard InChI is InChI=1S/C23H23F2N5O3/c1-11(13-7-18(31)26-9-13)33-20-19-17(27-10-30(19)22(24)25)8-15(28-20)12-4-5-14-16(6-12)29-21(32)23(14,2)3/h4-6,8,10-11,13,22H,7,9H2,1-3H3,(H,26,31)(H,29,32). The molecule has 0 bridgehead atoms. The molecule has 10 heteroatoms. The lowest BCUT2D eigenvalue weighted by molar-refractivity contribution is -0.120. The number of carbonyl (C=O) groups is 2. The molecule has 2 unspecified atom stereocenters. The van der Waals surface area contributed by atoms with Crippen molar-refractivity contribution >= 4 is 28.5 Å². The van der Waals surface area contributed by atoms with Crippen LogP contribution >= 0.6 is 0 Å². The molecule has 5 rings (SSSR count). The monoisotopic (exact) mass is 455 g/mol. The summed E-state index contributed by atoms with van der Waals surface area (Å²) in [5, 5.41) is 5.64. The number of halogens is 2. The number of hydrogen-bond donors (Lipinski definition) is 2. The highest BCUT2D eigenvalue weighted by Crippen LogP contribution is 2.40. The summed E-state index contributed by atoms with van der Waals surface area (Å²) in [4.78, 5) is 32.6. The molecule has 4 heterocycles. The first-order chi connectivity index (χ1) is 15.6. The molecule has 172 valence electrons. The number of nitrogens with one attached hydrogen (secondary N) is 2. The predicted octanol–water partition coefficient (Wildman–Crippen LogP) is 3.63. The Bertz CT molecular complexity index is 1290. The molecule has 2 aromatic heterocycles. The van der Waals surface area contributed by atoms with Gasteiger partial charge in [0.1, 0.15) is 17.9 Å². The first-order valence-corrected chi connectivity index (χ1v) is 10.7. The second-order valence-corrected chi connectivity index (χ2v) is 9.04. The Balaban J connectivity index is 1.58. The van der Waals surface area contributed by atoms with E-state index in [1.165, 1.54) is 0 Å². The summed E-state index contributed by atoms with van der Waals surface area (Å²) < 4.78 is 34.0. The summed E-state index contributed by atoms with van der Waals surface area (Å²) in [6, 6.07) is 7.14. The third-order valence-electron chi connectivity index (χ3n) is 6.51. The van der Waals surface area contributed by atoms with E-state index in [1.54, 1.807) is 13.0 Å². The van der Waals surface area contributed by atoms with Gasteiger partial charge in [0.25, 0.3) is 0 Å². The molecule has 1 aromatic carbocycles. The first-order valence-electron chi connectivity index (χ1n) is 10.7. The number of amides is 2.